The molecule has 2 aromatic heterocycles. The summed E-state index contributed by atoms with van der Waals surface area (Å²) < 4.78 is 0. The Hall–Kier alpha value is -1.85. The lowest BCUT2D eigenvalue weighted by Gasteiger charge is -1.97. The highest BCUT2D eigenvalue weighted by atomic mass is 15.2. The molecule has 2 N–H and O–H groups in total. The Morgan fingerprint density at radius 1 is 1.33 bits per heavy atom. The number of nitrogens with zero attached hydrogens (tertiary/aromatic N) is 5. The molecule has 2 heterocycles. The lowest BCUT2D eigenvalue weighted by molar-refractivity contribution is 0.972. The molecule has 0 radical (unpaired) electrons. The molecule has 2 rings (SSSR count). The normalized spacial score (nSPS) is 10.4. The summed E-state index contributed by atoms with van der Waals surface area (Å²) >= 11 is 0. The quantitative estimate of drug-likeness (QED) is 0.572. The molecule has 0 aliphatic rings. The molecule has 0 saturated heterocycles. The van der Waals surface area contributed by atoms with Crippen molar-refractivity contribution in [1.29, 1.82) is 0 Å². The summed E-state index contributed by atoms with van der Waals surface area (Å²) in [6.45, 7) is 1.74. The van der Waals surface area contributed by atoms with E-state index in [9.17, 15) is 0 Å². The first-order valence-corrected chi connectivity index (χ1v) is 3.35. The van der Waals surface area contributed by atoms with Crippen molar-refractivity contribution in [3.05, 3.63) is 12.2 Å². The Bertz CT molecular complexity index is 425. The second-order valence-corrected chi connectivity index (χ2v) is 2.29. The fourth-order valence-electron chi connectivity index (χ4n) is 0.931. The topological polar surface area (TPSA) is 90.5 Å². The van der Waals surface area contributed by atoms with E-state index in [0.717, 1.165) is 0 Å². The van der Waals surface area contributed by atoms with Crippen LogP contribution in [0.2, 0.25) is 0 Å². The van der Waals surface area contributed by atoms with Crippen LogP contribution in [0.15, 0.2) is 6.33 Å². The number of rotatable bonds is 0. The van der Waals surface area contributed by atoms with E-state index < -0.39 is 0 Å². The average Bonchev–Trinajstić information content (AvgIpc) is 2.04. The highest BCUT2D eigenvalue weighted by molar-refractivity contribution is 5.79. The standard InChI is InChI=1S/C6H6N6/c1-3-10-5(7)4-6(11-3)12-9-2-8-4/h2H,1H3,(H2,7,10,11,12). The zero-order chi connectivity index (χ0) is 8.55. The van der Waals surface area contributed by atoms with Crippen LogP contribution in [-0.4, -0.2) is 25.1 Å². The lowest BCUT2D eigenvalue weighted by atomic mass is 10.5. The van der Waals surface area contributed by atoms with Gasteiger partial charge in [0.1, 0.15) is 12.2 Å². The van der Waals surface area contributed by atoms with Crippen molar-refractivity contribution in [3.63, 3.8) is 0 Å². The van der Waals surface area contributed by atoms with Crippen molar-refractivity contribution in [2.75, 3.05) is 5.73 Å². The van der Waals surface area contributed by atoms with Crippen molar-refractivity contribution in [2.45, 2.75) is 6.92 Å². The predicted octanol–water partition coefficient (Wildman–Crippen LogP) is -0.295. The molecule has 0 aromatic carbocycles. The van der Waals surface area contributed by atoms with Gasteiger partial charge in [0, 0.05) is 0 Å². The Labute approximate surface area is 67.9 Å². The zero-order valence-corrected chi connectivity index (χ0v) is 6.39. The molecule has 0 amide bonds. The summed E-state index contributed by atoms with van der Waals surface area (Å²) in [7, 11) is 0. The van der Waals surface area contributed by atoms with Crippen molar-refractivity contribution in [1.82, 2.24) is 25.1 Å². The van der Waals surface area contributed by atoms with E-state index in [1.807, 2.05) is 0 Å². The van der Waals surface area contributed by atoms with Gasteiger partial charge in [0.15, 0.2) is 11.3 Å². The largest absolute Gasteiger partial charge is 0.382 e. The van der Waals surface area contributed by atoms with Gasteiger partial charge in [-0.15, -0.1) is 10.2 Å². The molecule has 0 saturated carbocycles. The number of aryl methyl sites for hydroxylation is 1. The number of fused-ring (bicyclic) bond motifs is 1. The second kappa shape index (κ2) is 2.33. The van der Waals surface area contributed by atoms with Crippen LogP contribution >= 0.6 is 0 Å². The molecular weight excluding hydrogens is 156 g/mol. The first-order valence-electron chi connectivity index (χ1n) is 3.35. The Balaban J connectivity index is 2.89. The molecule has 2 aromatic rings. The molecular formula is C6H6N6. The number of anilines is 1. The van der Waals surface area contributed by atoms with Crippen molar-refractivity contribution < 1.29 is 0 Å². The van der Waals surface area contributed by atoms with Crippen LogP contribution in [0, 0.1) is 6.92 Å². The molecule has 0 spiro atoms. The van der Waals surface area contributed by atoms with E-state index in [1.54, 1.807) is 6.92 Å². The van der Waals surface area contributed by atoms with Gasteiger partial charge in [-0.25, -0.2) is 15.0 Å². The van der Waals surface area contributed by atoms with Crippen LogP contribution in [0.5, 0.6) is 0 Å². The van der Waals surface area contributed by atoms with Crippen molar-refractivity contribution >= 4 is 17.0 Å². The molecule has 12 heavy (non-hydrogen) atoms. The van der Waals surface area contributed by atoms with E-state index in [1.165, 1.54) is 6.33 Å². The van der Waals surface area contributed by atoms with Gasteiger partial charge in [-0.05, 0) is 6.92 Å². The molecule has 0 aliphatic heterocycles. The van der Waals surface area contributed by atoms with Crippen molar-refractivity contribution in [2.24, 2.45) is 0 Å². The summed E-state index contributed by atoms with van der Waals surface area (Å²) in [5, 5.41) is 7.35. The molecule has 0 fully saturated rings. The van der Waals surface area contributed by atoms with Crippen LogP contribution in [0.1, 0.15) is 5.82 Å². The Morgan fingerprint density at radius 2 is 2.17 bits per heavy atom. The summed E-state index contributed by atoms with van der Waals surface area (Å²) in [6.07, 6.45) is 1.32. The molecule has 0 aliphatic carbocycles. The first-order chi connectivity index (χ1) is 5.77. The summed E-state index contributed by atoms with van der Waals surface area (Å²) in [5.74, 6) is 0.912. The molecule has 6 heteroatoms. The fraction of sp³-hybridized carbons (Fsp3) is 0.167. The maximum absolute atomic E-state index is 5.58. The number of hydrogen-bond acceptors (Lipinski definition) is 6. The van der Waals surface area contributed by atoms with Crippen molar-refractivity contribution in [3.8, 4) is 0 Å². The minimum Gasteiger partial charge on any atom is -0.382 e. The lowest BCUT2D eigenvalue weighted by Crippen LogP contribution is -2.00. The second-order valence-electron chi connectivity index (χ2n) is 2.29. The highest BCUT2D eigenvalue weighted by Crippen LogP contribution is 2.09. The minimum absolute atomic E-state index is 0.340. The summed E-state index contributed by atoms with van der Waals surface area (Å²) in [5.41, 5.74) is 6.50. The molecule has 6 nitrogen and oxygen atoms in total. The SMILES string of the molecule is Cc1nc(N)c2ncnnc2n1. The summed E-state index contributed by atoms with van der Waals surface area (Å²) in [6, 6.07) is 0. The Morgan fingerprint density at radius 3 is 3.00 bits per heavy atom. The van der Waals surface area contributed by atoms with Gasteiger partial charge in [-0.2, -0.15) is 0 Å². The van der Waals surface area contributed by atoms with Crippen LogP contribution in [0.3, 0.4) is 0 Å². The highest BCUT2D eigenvalue weighted by Gasteiger charge is 2.03. The predicted molar refractivity (Wildman–Crippen MR) is 42.1 cm³/mol. The first kappa shape index (κ1) is 6.84. The molecule has 0 bridgehead atoms. The number of aromatic nitrogens is 5. The third kappa shape index (κ3) is 0.931. The van der Waals surface area contributed by atoms with Gasteiger partial charge < -0.3 is 5.73 Å². The van der Waals surface area contributed by atoms with Gasteiger partial charge in [0.25, 0.3) is 0 Å². The Kier molecular flexibility index (Phi) is 1.33. The van der Waals surface area contributed by atoms with Gasteiger partial charge in [0.2, 0.25) is 5.65 Å². The van der Waals surface area contributed by atoms with Crippen LogP contribution in [0.25, 0.3) is 11.2 Å². The van der Waals surface area contributed by atoms with E-state index in [-0.39, 0.29) is 0 Å². The van der Waals surface area contributed by atoms with Crippen LogP contribution in [0.4, 0.5) is 5.82 Å². The zero-order valence-electron chi connectivity index (χ0n) is 6.39. The van der Waals surface area contributed by atoms with E-state index >= 15 is 0 Å². The van der Waals surface area contributed by atoms with Gasteiger partial charge >= 0.3 is 0 Å². The van der Waals surface area contributed by atoms with Gasteiger partial charge in [-0.3, -0.25) is 0 Å². The van der Waals surface area contributed by atoms with E-state index in [4.69, 9.17) is 5.73 Å². The fourth-order valence-corrected chi connectivity index (χ4v) is 0.931. The average molecular weight is 162 g/mol. The minimum atomic E-state index is 0.340. The molecule has 0 unspecified atom stereocenters. The monoisotopic (exact) mass is 162 g/mol. The third-order valence-corrected chi connectivity index (χ3v) is 1.40. The van der Waals surface area contributed by atoms with Gasteiger partial charge in [-0.1, -0.05) is 0 Å². The van der Waals surface area contributed by atoms with E-state index in [2.05, 4.69) is 25.1 Å². The number of nitrogens with two attached hydrogens (primary N) is 1. The summed E-state index contributed by atoms with van der Waals surface area (Å²) in [4.78, 5) is 11.8. The smallest absolute Gasteiger partial charge is 0.206 e. The molecule has 0 atom stereocenters. The third-order valence-electron chi connectivity index (χ3n) is 1.40. The number of hydrogen-bond donors (Lipinski definition) is 1. The van der Waals surface area contributed by atoms with E-state index in [0.29, 0.717) is 22.8 Å². The van der Waals surface area contributed by atoms with Gasteiger partial charge in [0.05, 0.1) is 0 Å². The number of nitrogen functional groups attached to an aromatic ring is 1. The van der Waals surface area contributed by atoms with Crippen LogP contribution in [-0.2, 0) is 0 Å². The maximum Gasteiger partial charge on any atom is 0.206 e. The van der Waals surface area contributed by atoms with Crippen LogP contribution < -0.4 is 5.73 Å². The maximum atomic E-state index is 5.58. The molecule has 60 valence electrons.